The lowest BCUT2D eigenvalue weighted by Gasteiger charge is -2.06. The van der Waals surface area contributed by atoms with Crippen molar-refractivity contribution in [3.05, 3.63) is 36.1 Å². The molecule has 84 valence electrons. The zero-order valence-corrected chi connectivity index (χ0v) is 8.72. The summed E-state index contributed by atoms with van der Waals surface area (Å²) in [6.45, 7) is 0.117. The number of hydrogen-bond acceptors (Lipinski definition) is 3. The van der Waals surface area contributed by atoms with Crippen LogP contribution in [0.1, 0.15) is 5.76 Å². The minimum atomic E-state index is -0.886. The number of nitrogens with two attached hydrogens (primary N) is 1. The number of fused-ring (bicyclic) bond motifs is 1. The van der Waals surface area contributed by atoms with Gasteiger partial charge in [-0.15, -0.1) is 0 Å². The summed E-state index contributed by atoms with van der Waals surface area (Å²) in [5.74, 6) is -0.803. The van der Waals surface area contributed by atoms with Crippen LogP contribution in [0.3, 0.4) is 0 Å². The molecule has 4 nitrogen and oxygen atoms in total. The van der Waals surface area contributed by atoms with Gasteiger partial charge < -0.3 is 15.3 Å². The van der Waals surface area contributed by atoms with Crippen molar-refractivity contribution in [1.29, 1.82) is 0 Å². The summed E-state index contributed by atoms with van der Waals surface area (Å²) in [5.41, 5.74) is 6.17. The summed E-state index contributed by atoms with van der Waals surface area (Å²) >= 11 is 0. The molecule has 2 rings (SSSR count). The van der Waals surface area contributed by atoms with Gasteiger partial charge in [0.15, 0.2) is 0 Å². The van der Waals surface area contributed by atoms with Crippen LogP contribution in [-0.2, 0) is 11.2 Å². The lowest BCUT2D eigenvalue weighted by molar-refractivity contribution is -0.141. The maximum absolute atomic E-state index is 10.8. The van der Waals surface area contributed by atoms with E-state index in [0.29, 0.717) is 12.2 Å². The summed E-state index contributed by atoms with van der Waals surface area (Å²) in [5, 5.41) is 9.87. The van der Waals surface area contributed by atoms with Crippen molar-refractivity contribution < 1.29 is 14.3 Å². The van der Waals surface area contributed by atoms with Crippen molar-refractivity contribution in [2.45, 2.75) is 6.42 Å². The smallest absolute Gasteiger partial charge is 0.308 e. The van der Waals surface area contributed by atoms with Gasteiger partial charge in [0.05, 0.1) is 5.92 Å². The van der Waals surface area contributed by atoms with Crippen molar-refractivity contribution in [3.63, 3.8) is 0 Å². The second-order valence-electron chi connectivity index (χ2n) is 3.73. The van der Waals surface area contributed by atoms with Gasteiger partial charge in [-0.1, -0.05) is 18.2 Å². The van der Waals surface area contributed by atoms with Crippen LogP contribution < -0.4 is 5.73 Å². The third kappa shape index (κ3) is 2.06. The van der Waals surface area contributed by atoms with Crippen molar-refractivity contribution in [1.82, 2.24) is 0 Å². The van der Waals surface area contributed by atoms with E-state index in [1.165, 1.54) is 0 Å². The molecule has 0 saturated heterocycles. The van der Waals surface area contributed by atoms with E-state index in [4.69, 9.17) is 15.3 Å². The van der Waals surface area contributed by atoms with Crippen LogP contribution in [0.5, 0.6) is 0 Å². The fourth-order valence-corrected chi connectivity index (χ4v) is 1.65. The van der Waals surface area contributed by atoms with Gasteiger partial charge in [-0.05, 0) is 12.1 Å². The Bertz CT molecular complexity index is 471. The van der Waals surface area contributed by atoms with Crippen molar-refractivity contribution >= 4 is 16.9 Å². The molecule has 2 aromatic rings. The molecule has 1 aromatic heterocycles. The largest absolute Gasteiger partial charge is 0.481 e. The number of para-hydroxylation sites is 1. The molecular weight excluding hydrogens is 206 g/mol. The molecule has 0 fully saturated rings. The fourth-order valence-electron chi connectivity index (χ4n) is 1.65. The van der Waals surface area contributed by atoms with E-state index in [1.54, 1.807) is 0 Å². The van der Waals surface area contributed by atoms with E-state index in [0.717, 1.165) is 11.0 Å². The van der Waals surface area contributed by atoms with Crippen LogP contribution in [0.4, 0.5) is 0 Å². The standard InChI is InChI=1S/C12H13NO3/c13-7-9(12(14)15)6-10-5-8-3-1-2-4-11(8)16-10/h1-5,9H,6-7,13H2,(H,14,15). The van der Waals surface area contributed by atoms with E-state index in [2.05, 4.69) is 0 Å². The van der Waals surface area contributed by atoms with Crippen molar-refractivity contribution in [3.8, 4) is 0 Å². The average molecular weight is 219 g/mol. The van der Waals surface area contributed by atoms with Crippen molar-refractivity contribution in [2.24, 2.45) is 11.7 Å². The van der Waals surface area contributed by atoms with E-state index in [-0.39, 0.29) is 6.54 Å². The monoisotopic (exact) mass is 219 g/mol. The first-order valence-electron chi connectivity index (χ1n) is 5.11. The van der Waals surface area contributed by atoms with Gasteiger partial charge in [0.25, 0.3) is 0 Å². The summed E-state index contributed by atoms with van der Waals surface area (Å²) in [7, 11) is 0. The van der Waals surface area contributed by atoms with E-state index >= 15 is 0 Å². The summed E-state index contributed by atoms with van der Waals surface area (Å²) in [6, 6.07) is 9.45. The summed E-state index contributed by atoms with van der Waals surface area (Å²) < 4.78 is 5.53. The Morgan fingerprint density at radius 3 is 2.81 bits per heavy atom. The lowest BCUT2D eigenvalue weighted by Crippen LogP contribution is -2.25. The minimum absolute atomic E-state index is 0.117. The van der Waals surface area contributed by atoms with Gasteiger partial charge in [-0.25, -0.2) is 0 Å². The molecule has 0 radical (unpaired) electrons. The molecule has 4 heteroatoms. The molecule has 1 unspecified atom stereocenters. The van der Waals surface area contributed by atoms with Gasteiger partial charge in [-0.3, -0.25) is 4.79 Å². The number of carboxylic acid groups (broad SMARTS) is 1. The molecule has 1 atom stereocenters. The second-order valence-corrected chi connectivity index (χ2v) is 3.73. The highest BCUT2D eigenvalue weighted by Crippen LogP contribution is 2.20. The Morgan fingerprint density at radius 2 is 2.19 bits per heavy atom. The highest BCUT2D eigenvalue weighted by atomic mass is 16.4. The molecule has 0 spiro atoms. The van der Waals surface area contributed by atoms with Gasteiger partial charge in [-0.2, -0.15) is 0 Å². The molecule has 0 aliphatic carbocycles. The van der Waals surface area contributed by atoms with Crippen LogP contribution in [0.2, 0.25) is 0 Å². The summed E-state index contributed by atoms with van der Waals surface area (Å²) in [6.07, 6.45) is 0.334. The molecule has 16 heavy (non-hydrogen) atoms. The number of carboxylic acids is 1. The fraction of sp³-hybridized carbons (Fsp3) is 0.250. The van der Waals surface area contributed by atoms with Crippen LogP contribution in [0, 0.1) is 5.92 Å². The normalized spacial score (nSPS) is 12.8. The molecule has 0 aliphatic heterocycles. The van der Waals surface area contributed by atoms with E-state index < -0.39 is 11.9 Å². The Labute approximate surface area is 92.7 Å². The molecule has 1 aromatic carbocycles. The van der Waals surface area contributed by atoms with Crippen LogP contribution in [-0.4, -0.2) is 17.6 Å². The number of furan rings is 1. The number of hydrogen-bond donors (Lipinski definition) is 2. The Kier molecular flexibility index (Phi) is 2.92. The molecular formula is C12H13NO3. The minimum Gasteiger partial charge on any atom is -0.481 e. The summed E-state index contributed by atoms with van der Waals surface area (Å²) in [4.78, 5) is 10.8. The second kappa shape index (κ2) is 4.37. The topological polar surface area (TPSA) is 76.5 Å². The first-order chi connectivity index (χ1) is 7.70. The SMILES string of the molecule is NCC(Cc1cc2ccccc2o1)C(=O)O. The number of aliphatic carboxylic acids is 1. The van der Waals surface area contributed by atoms with Crippen LogP contribution in [0.15, 0.2) is 34.7 Å². The first-order valence-corrected chi connectivity index (χ1v) is 5.11. The predicted molar refractivity (Wildman–Crippen MR) is 60.1 cm³/mol. The van der Waals surface area contributed by atoms with Gasteiger partial charge >= 0.3 is 5.97 Å². The average Bonchev–Trinajstić information content (AvgIpc) is 2.67. The Morgan fingerprint density at radius 1 is 1.44 bits per heavy atom. The van der Waals surface area contributed by atoms with E-state index in [1.807, 2.05) is 30.3 Å². The Hall–Kier alpha value is -1.81. The molecule has 1 heterocycles. The van der Waals surface area contributed by atoms with Gasteiger partial charge in [0, 0.05) is 18.4 Å². The quantitative estimate of drug-likeness (QED) is 0.819. The van der Waals surface area contributed by atoms with Crippen molar-refractivity contribution in [2.75, 3.05) is 6.54 Å². The van der Waals surface area contributed by atoms with E-state index in [9.17, 15) is 4.79 Å². The number of carbonyl (C=O) groups is 1. The third-order valence-corrected chi connectivity index (χ3v) is 2.56. The molecule has 3 N–H and O–H groups in total. The first kappa shape index (κ1) is 10.7. The zero-order valence-electron chi connectivity index (χ0n) is 8.72. The van der Waals surface area contributed by atoms with Crippen LogP contribution >= 0.6 is 0 Å². The maximum atomic E-state index is 10.8. The number of benzene rings is 1. The maximum Gasteiger partial charge on any atom is 0.308 e. The highest BCUT2D eigenvalue weighted by Gasteiger charge is 2.18. The van der Waals surface area contributed by atoms with Crippen LogP contribution in [0.25, 0.3) is 11.0 Å². The lowest BCUT2D eigenvalue weighted by atomic mass is 10.0. The Balaban J connectivity index is 2.24. The van der Waals surface area contributed by atoms with Gasteiger partial charge in [0.1, 0.15) is 11.3 Å². The number of rotatable bonds is 4. The predicted octanol–water partition coefficient (Wildman–Crippen LogP) is 1.63. The zero-order chi connectivity index (χ0) is 11.5. The highest BCUT2D eigenvalue weighted by molar-refractivity contribution is 5.78. The molecule has 0 aliphatic rings. The van der Waals surface area contributed by atoms with Gasteiger partial charge in [0.2, 0.25) is 0 Å². The molecule has 0 amide bonds. The third-order valence-electron chi connectivity index (χ3n) is 2.56. The molecule has 0 bridgehead atoms. The molecule has 0 saturated carbocycles.